The normalized spacial score (nSPS) is 10.6. The largest absolute Gasteiger partial charge is 0.435 e. The molecule has 8 heteroatoms. The van der Waals surface area contributed by atoms with E-state index in [1.165, 1.54) is 30.3 Å². The molecule has 25 heavy (non-hydrogen) atoms. The Balaban J connectivity index is 1.92. The third-order valence-electron chi connectivity index (χ3n) is 3.37. The van der Waals surface area contributed by atoms with E-state index in [9.17, 15) is 23.7 Å². The van der Waals surface area contributed by atoms with Crippen LogP contribution in [0.1, 0.15) is 17.5 Å². The van der Waals surface area contributed by atoms with Crippen molar-refractivity contribution in [3.8, 4) is 11.5 Å². The Morgan fingerprint density at radius 3 is 2.48 bits per heavy atom. The highest BCUT2D eigenvalue weighted by atomic mass is 19.3. The Morgan fingerprint density at radius 1 is 1.20 bits per heavy atom. The molecule has 2 rings (SSSR count). The van der Waals surface area contributed by atoms with E-state index in [1.807, 2.05) is 0 Å². The summed E-state index contributed by atoms with van der Waals surface area (Å²) in [5.41, 5.74) is 1.19. The van der Waals surface area contributed by atoms with Crippen molar-refractivity contribution in [1.82, 2.24) is 0 Å². The number of nitrogens with zero attached hydrogens (tertiary/aromatic N) is 1. The highest BCUT2D eigenvalue weighted by molar-refractivity contribution is 5.73. The van der Waals surface area contributed by atoms with Gasteiger partial charge in [0.05, 0.1) is 11.0 Å². The van der Waals surface area contributed by atoms with Crippen LogP contribution in [0.15, 0.2) is 42.5 Å². The zero-order valence-corrected chi connectivity index (χ0v) is 13.3. The first-order chi connectivity index (χ1) is 11.8. The van der Waals surface area contributed by atoms with Gasteiger partial charge in [-0.3, -0.25) is 14.9 Å². The second-order valence-corrected chi connectivity index (χ2v) is 5.20. The zero-order chi connectivity index (χ0) is 18.4. The van der Waals surface area contributed by atoms with Gasteiger partial charge >= 0.3 is 12.6 Å². The molecule has 0 amide bonds. The van der Waals surface area contributed by atoms with Crippen LogP contribution in [0.4, 0.5) is 14.5 Å². The standard InChI is InChI=1S/C17H15F2NO5/c1-11-2-6-13(20(22)23)10-15(11)25-16(21)9-5-12-3-7-14(8-4-12)24-17(18)19/h2-4,6-8,10,17H,5,9H2,1H3. The number of rotatable bonds is 7. The summed E-state index contributed by atoms with van der Waals surface area (Å²) in [7, 11) is 0. The molecular weight excluding hydrogens is 336 g/mol. The Labute approximate surface area is 142 Å². The Bertz CT molecular complexity index is 762. The Kier molecular flexibility index (Phi) is 5.99. The van der Waals surface area contributed by atoms with E-state index in [-0.39, 0.29) is 23.6 Å². The van der Waals surface area contributed by atoms with Gasteiger partial charge in [0.25, 0.3) is 5.69 Å². The van der Waals surface area contributed by atoms with E-state index in [0.29, 0.717) is 12.0 Å². The minimum atomic E-state index is -2.89. The first-order valence-corrected chi connectivity index (χ1v) is 7.34. The second-order valence-electron chi connectivity index (χ2n) is 5.20. The summed E-state index contributed by atoms with van der Waals surface area (Å²) in [6, 6.07) is 9.95. The van der Waals surface area contributed by atoms with Crippen LogP contribution in [-0.4, -0.2) is 17.5 Å². The number of carbonyl (C=O) groups is 1. The third kappa shape index (κ3) is 5.52. The molecule has 0 atom stereocenters. The average molecular weight is 351 g/mol. The summed E-state index contributed by atoms with van der Waals surface area (Å²) in [5.74, 6) is -0.370. The van der Waals surface area contributed by atoms with Gasteiger partial charge in [-0.1, -0.05) is 12.1 Å². The van der Waals surface area contributed by atoms with Crippen LogP contribution in [0, 0.1) is 17.0 Å². The number of halogens is 2. The van der Waals surface area contributed by atoms with E-state index >= 15 is 0 Å². The lowest BCUT2D eigenvalue weighted by Crippen LogP contribution is -2.10. The minimum absolute atomic E-state index is 0.0357. The summed E-state index contributed by atoms with van der Waals surface area (Å²) < 4.78 is 33.5. The number of esters is 1. The molecule has 0 fully saturated rings. The Morgan fingerprint density at radius 2 is 1.88 bits per heavy atom. The Hall–Kier alpha value is -3.03. The van der Waals surface area contributed by atoms with Crippen LogP contribution < -0.4 is 9.47 Å². The van der Waals surface area contributed by atoms with Crippen molar-refractivity contribution in [3.05, 3.63) is 63.7 Å². The molecule has 0 aliphatic heterocycles. The average Bonchev–Trinajstić information content (AvgIpc) is 2.55. The fraction of sp³-hybridized carbons (Fsp3) is 0.235. The van der Waals surface area contributed by atoms with Gasteiger partial charge in [0.2, 0.25) is 0 Å². The highest BCUT2D eigenvalue weighted by Gasteiger charge is 2.13. The summed E-state index contributed by atoms with van der Waals surface area (Å²) in [4.78, 5) is 22.1. The van der Waals surface area contributed by atoms with Gasteiger partial charge in [0.1, 0.15) is 11.5 Å². The van der Waals surface area contributed by atoms with Crippen LogP contribution in [-0.2, 0) is 11.2 Å². The molecule has 0 N–H and O–H groups in total. The molecule has 2 aromatic carbocycles. The number of ether oxygens (including phenoxy) is 2. The zero-order valence-electron chi connectivity index (χ0n) is 13.3. The minimum Gasteiger partial charge on any atom is -0.435 e. The molecule has 0 aliphatic carbocycles. The quantitative estimate of drug-likeness (QED) is 0.325. The van der Waals surface area contributed by atoms with E-state index in [2.05, 4.69) is 4.74 Å². The number of nitro groups is 1. The predicted octanol–water partition coefficient (Wildman–Crippen LogP) is 4.04. The summed E-state index contributed by atoms with van der Waals surface area (Å²) in [5, 5.41) is 10.8. The van der Waals surface area contributed by atoms with E-state index in [4.69, 9.17) is 4.74 Å². The van der Waals surface area contributed by atoms with Crippen molar-refractivity contribution in [2.24, 2.45) is 0 Å². The van der Waals surface area contributed by atoms with Gasteiger partial charge in [0.15, 0.2) is 0 Å². The number of nitro benzene ring substituents is 1. The number of hydrogen-bond acceptors (Lipinski definition) is 5. The molecule has 132 valence electrons. The first-order valence-electron chi connectivity index (χ1n) is 7.34. The SMILES string of the molecule is Cc1ccc([N+](=O)[O-])cc1OC(=O)CCc1ccc(OC(F)F)cc1. The third-order valence-corrected chi connectivity index (χ3v) is 3.37. The first kappa shape index (κ1) is 18.3. The fourth-order valence-corrected chi connectivity index (χ4v) is 2.07. The monoisotopic (exact) mass is 351 g/mol. The number of alkyl halides is 2. The predicted molar refractivity (Wildman–Crippen MR) is 84.9 cm³/mol. The van der Waals surface area contributed by atoms with Gasteiger partial charge in [0, 0.05) is 12.5 Å². The molecule has 0 saturated heterocycles. The van der Waals surface area contributed by atoms with Gasteiger partial charge in [-0.15, -0.1) is 0 Å². The van der Waals surface area contributed by atoms with Gasteiger partial charge < -0.3 is 9.47 Å². The van der Waals surface area contributed by atoms with Crippen molar-refractivity contribution in [2.75, 3.05) is 0 Å². The number of hydrogen-bond donors (Lipinski definition) is 0. The van der Waals surface area contributed by atoms with Crippen LogP contribution >= 0.6 is 0 Å². The number of benzene rings is 2. The number of aryl methyl sites for hydroxylation is 2. The molecular formula is C17H15F2NO5. The van der Waals surface area contributed by atoms with E-state index in [0.717, 1.165) is 5.56 Å². The molecule has 0 bridgehead atoms. The van der Waals surface area contributed by atoms with E-state index < -0.39 is 17.5 Å². The van der Waals surface area contributed by atoms with Crippen LogP contribution in [0.5, 0.6) is 11.5 Å². The fourth-order valence-electron chi connectivity index (χ4n) is 2.07. The molecule has 0 spiro atoms. The maximum absolute atomic E-state index is 12.1. The molecule has 0 aromatic heterocycles. The molecule has 0 unspecified atom stereocenters. The summed E-state index contributed by atoms with van der Waals surface area (Å²) >= 11 is 0. The van der Waals surface area contributed by atoms with E-state index in [1.54, 1.807) is 19.1 Å². The van der Waals surface area contributed by atoms with Crippen LogP contribution in [0.25, 0.3) is 0 Å². The van der Waals surface area contributed by atoms with Gasteiger partial charge in [-0.05, 0) is 42.7 Å². The van der Waals surface area contributed by atoms with Crippen molar-refractivity contribution in [2.45, 2.75) is 26.4 Å². The molecule has 6 nitrogen and oxygen atoms in total. The maximum Gasteiger partial charge on any atom is 0.387 e. The van der Waals surface area contributed by atoms with Crippen LogP contribution in [0.3, 0.4) is 0 Å². The molecule has 0 aliphatic rings. The van der Waals surface area contributed by atoms with Gasteiger partial charge in [-0.2, -0.15) is 8.78 Å². The van der Waals surface area contributed by atoms with Crippen molar-refractivity contribution in [3.63, 3.8) is 0 Å². The van der Waals surface area contributed by atoms with Crippen molar-refractivity contribution < 1.29 is 28.0 Å². The lowest BCUT2D eigenvalue weighted by atomic mass is 10.1. The number of non-ortho nitro benzene ring substituents is 1. The summed E-state index contributed by atoms with van der Waals surface area (Å²) in [6.07, 6.45) is 0.374. The van der Waals surface area contributed by atoms with Crippen molar-refractivity contribution in [1.29, 1.82) is 0 Å². The lowest BCUT2D eigenvalue weighted by Gasteiger charge is -2.08. The molecule has 0 heterocycles. The lowest BCUT2D eigenvalue weighted by molar-refractivity contribution is -0.384. The van der Waals surface area contributed by atoms with Crippen LogP contribution in [0.2, 0.25) is 0 Å². The molecule has 2 aromatic rings. The smallest absolute Gasteiger partial charge is 0.387 e. The molecule has 0 saturated carbocycles. The topological polar surface area (TPSA) is 78.7 Å². The summed E-state index contributed by atoms with van der Waals surface area (Å²) in [6.45, 7) is -1.22. The second kappa shape index (κ2) is 8.18. The highest BCUT2D eigenvalue weighted by Crippen LogP contribution is 2.24. The molecule has 0 radical (unpaired) electrons. The number of carbonyl (C=O) groups excluding carboxylic acids is 1. The van der Waals surface area contributed by atoms with Crippen molar-refractivity contribution >= 4 is 11.7 Å². The van der Waals surface area contributed by atoms with Gasteiger partial charge in [-0.25, -0.2) is 0 Å². The maximum atomic E-state index is 12.1.